The predicted octanol–water partition coefficient (Wildman–Crippen LogP) is 1.15. The highest BCUT2D eigenvalue weighted by Crippen LogP contribution is 2.20. The van der Waals surface area contributed by atoms with Crippen molar-refractivity contribution >= 4 is 5.91 Å². The van der Waals surface area contributed by atoms with Crippen LogP contribution in [0.1, 0.15) is 44.3 Å². The third kappa shape index (κ3) is 4.59. The minimum Gasteiger partial charge on any atom is -0.370 e. The summed E-state index contributed by atoms with van der Waals surface area (Å²) in [4.78, 5) is 17.6. The molecule has 0 spiro atoms. The Labute approximate surface area is 119 Å². The summed E-state index contributed by atoms with van der Waals surface area (Å²) in [6.07, 6.45) is 5.20. The number of likely N-dealkylation sites (tertiary alicyclic amines) is 1. The summed E-state index contributed by atoms with van der Waals surface area (Å²) < 4.78 is 5.14. The second kappa shape index (κ2) is 7.38. The Morgan fingerprint density at radius 3 is 2.85 bits per heavy atom. The Balaban J connectivity index is 1.75. The summed E-state index contributed by atoms with van der Waals surface area (Å²) in [5, 5.41) is 3.99. The lowest BCUT2D eigenvalue weighted by atomic mass is 9.93. The van der Waals surface area contributed by atoms with Crippen molar-refractivity contribution in [1.29, 1.82) is 0 Å². The number of carbonyl (C=O) groups excluding carboxylic acids is 1. The quantitative estimate of drug-likeness (QED) is 0.810. The zero-order chi connectivity index (χ0) is 14.4. The van der Waals surface area contributed by atoms with Crippen molar-refractivity contribution in [3.8, 4) is 0 Å². The van der Waals surface area contributed by atoms with E-state index in [4.69, 9.17) is 10.3 Å². The first-order valence-electron chi connectivity index (χ1n) is 7.49. The van der Waals surface area contributed by atoms with E-state index in [2.05, 4.69) is 22.0 Å². The maximum atomic E-state index is 10.7. The van der Waals surface area contributed by atoms with Gasteiger partial charge in [-0.1, -0.05) is 12.1 Å². The molecule has 0 unspecified atom stereocenters. The van der Waals surface area contributed by atoms with Gasteiger partial charge in [-0.15, -0.1) is 0 Å². The van der Waals surface area contributed by atoms with Crippen LogP contribution in [-0.2, 0) is 17.6 Å². The summed E-state index contributed by atoms with van der Waals surface area (Å²) in [6, 6.07) is 0. The van der Waals surface area contributed by atoms with E-state index >= 15 is 0 Å². The fourth-order valence-electron chi connectivity index (χ4n) is 2.69. The monoisotopic (exact) mass is 280 g/mol. The fourth-order valence-corrected chi connectivity index (χ4v) is 2.69. The van der Waals surface area contributed by atoms with Crippen LogP contribution in [0.15, 0.2) is 4.52 Å². The third-order valence-corrected chi connectivity index (χ3v) is 3.81. The number of nitrogens with two attached hydrogens (primary N) is 1. The highest BCUT2D eigenvalue weighted by molar-refractivity contribution is 5.73. The summed E-state index contributed by atoms with van der Waals surface area (Å²) in [5.74, 6) is 1.58. The lowest BCUT2D eigenvalue weighted by Gasteiger charge is -2.31. The van der Waals surface area contributed by atoms with Crippen LogP contribution in [0.25, 0.3) is 0 Å². The average molecular weight is 280 g/mol. The van der Waals surface area contributed by atoms with Crippen LogP contribution >= 0.6 is 0 Å². The summed E-state index contributed by atoms with van der Waals surface area (Å²) in [7, 11) is 0. The second-order valence-electron chi connectivity index (χ2n) is 5.56. The first-order valence-corrected chi connectivity index (χ1v) is 7.49. The van der Waals surface area contributed by atoms with E-state index in [1.54, 1.807) is 0 Å². The van der Waals surface area contributed by atoms with E-state index in [0.717, 1.165) is 12.2 Å². The lowest BCUT2D eigenvalue weighted by Crippen LogP contribution is -2.34. The molecule has 6 nitrogen and oxygen atoms in total. The third-order valence-electron chi connectivity index (χ3n) is 3.81. The molecule has 0 saturated carbocycles. The molecule has 1 aliphatic heterocycles. The molecule has 0 aromatic carbocycles. The highest BCUT2D eigenvalue weighted by atomic mass is 16.5. The van der Waals surface area contributed by atoms with Gasteiger partial charge in [0.15, 0.2) is 5.82 Å². The van der Waals surface area contributed by atoms with Crippen LogP contribution in [0.4, 0.5) is 0 Å². The van der Waals surface area contributed by atoms with Crippen LogP contribution < -0.4 is 5.73 Å². The Hall–Kier alpha value is -1.43. The van der Waals surface area contributed by atoms with Crippen molar-refractivity contribution in [3.63, 3.8) is 0 Å². The topological polar surface area (TPSA) is 85.3 Å². The number of hydrogen-bond acceptors (Lipinski definition) is 5. The molecule has 1 aliphatic rings. The van der Waals surface area contributed by atoms with Crippen molar-refractivity contribution in [2.75, 3.05) is 19.6 Å². The van der Waals surface area contributed by atoms with Crippen molar-refractivity contribution in [2.45, 2.75) is 45.4 Å². The molecule has 0 atom stereocenters. The first kappa shape index (κ1) is 15.0. The minimum atomic E-state index is -0.340. The molecule has 1 fully saturated rings. The van der Waals surface area contributed by atoms with E-state index in [1.165, 1.54) is 38.9 Å². The van der Waals surface area contributed by atoms with Gasteiger partial charge in [-0.05, 0) is 44.8 Å². The van der Waals surface area contributed by atoms with Gasteiger partial charge in [0, 0.05) is 19.3 Å². The molecule has 2 rings (SSSR count). The molecule has 1 aromatic rings. The molecule has 0 bridgehead atoms. The van der Waals surface area contributed by atoms with Gasteiger partial charge in [0.05, 0.1) is 0 Å². The Kier molecular flexibility index (Phi) is 5.52. The van der Waals surface area contributed by atoms with Crippen LogP contribution in [-0.4, -0.2) is 40.6 Å². The zero-order valence-corrected chi connectivity index (χ0v) is 12.2. The lowest BCUT2D eigenvalue weighted by molar-refractivity contribution is -0.118. The van der Waals surface area contributed by atoms with Crippen molar-refractivity contribution < 1.29 is 9.32 Å². The Bertz CT molecular complexity index is 425. The molecule has 0 aliphatic carbocycles. The maximum absolute atomic E-state index is 10.7. The number of nitrogens with zero attached hydrogens (tertiary/aromatic N) is 3. The molecule has 1 saturated heterocycles. The fraction of sp³-hybridized carbons (Fsp3) is 0.786. The minimum absolute atomic E-state index is 0.261. The standard InChI is InChI=1S/C14H24N4O2/c1-2-7-18-8-5-11(6-9-18)10-13-16-14(20-17-13)4-3-12(15)19/h11H,2-10H2,1H3,(H2,15,19). The van der Waals surface area contributed by atoms with E-state index in [-0.39, 0.29) is 12.3 Å². The Morgan fingerprint density at radius 2 is 2.20 bits per heavy atom. The van der Waals surface area contributed by atoms with Crippen LogP contribution in [0, 0.1) is 5.92 Å². The molecule has 0 radical (unpaired) electrons. The number of primary amides is 1. The van der Waals surface area contributed by atoms with Gasteiger partial charge in [-0.3, -0.25) is 4.79 Å². The van der Waals surface area contributed by atoms with E-state index < -0.39 is 0 Å². The van der Waals surface area contributed by atoms with Crippen LogP contribution in [0.5, 0.6) is 0 Å². The molecular weight excluding hydrogens is 256 g/mol. The van der Waals surface area contributed by atoms with Gasteiger partial charge in [-0.25, -0.2) is 0 Å². The molecule has 1 aromatic heterocycles. The second-order valence-corrected chi connectivity index (χ2v) is 5.56. The molecular formula is C14H24N4O2. The SMILES string of the molecule is CCCN1CCC(Cc2noc(CCC(N)=O)n2)CC1. The summed E-state index contributed by atoms with van der Waals surface area (Å²) in [6.45, 7) is 5.76. The van der Waals surface area contributed by atoms with E-state index in [0.29, 0.717) is 18.2 Å². The molecule has 2 heterocycles. The largest absolute Gasteiger partial charge is 0.370 e. The summed E-state index contributed by atoms with van der Waals surface area (Å²) in [5.41, 5.74) is 5.10. The van der Waals surface area contributed by atoms with Gasteiger partial charge in [-0.2, -0.15) is 4.98 Å². The Morgan fingerprint density at radius 1 is 1.45 bits per heavy atom. The van der Waals surface area contributed by atoms with Crippen LogP contribution in [0.3, 0.4) is 0 Å². The number of piperidine rings is 1. The number of hydrogen-bond donors (Lipinski definition) is 1. The van der Waals surface area contributed by atoms with Crippen LogP contribution in [0.2, 0.25) is 0 Å². The van der Waals surface area contributed by atoms with E-state index in [9.17, 15) is 4.79 Å². The van der Waals surface area contributed by atoms with Gasteiger partial charge >= 0.3 is 0 Å². The zero-order valence-electron chi connectivity index (χ0n) is 12.2. The average Bonchev–Trinajstić information content (AvgIpc) is 2.87. The van der Waals surface area contributed by atoms with Gasteiger partial charge in [0.25, 0.3) is 0 Å². The number of rotatable bonds is 7. The van der Waals surface area contributed by atoms with Gasteiger partial charge in [0.1, 0.15) is 0 Å². The number of amides is 1. The van der Waals surface area contributed by atoms with E-state index in [1.807, 2.05) is 0 Å². The maximum Gasteiger partial charge on any atom is 0.227 e. The smallest absolute Gasteiger partial charge is 0.227 e. The van der Waals surface area contributed by atoms with Crippen molar-refractivity contribution in [2.24, 2.45) is 11.7 Å². The molecule has 6 heteroatoms. The first-order chi connectivity index (χ1) is 9.67. The number of aromatic nitrogens is 2. The van der Waals surface area contributed by atoms with Crippen molar-refractivity contribution in [3.05, 3.63) is 11.7 Å². The van der Waals surface area contributed by atoms with Gasteiger partial charge < -0.3 is 15.2 Å². The molecule has 20 heavy (non-hydrogen) atoms. The van der Waals surface area contributed by atoms with Gasteiger partial charge in [0.2, 0.25) is 11.8 Å². The normalized spacial score (nSPS) is 17.4. The highest BCUT2D eigenvalue weighted by Gasteiger charge is 2.20. The molecule has 1 amide bonds. The molecule has 112 valence electrons. The predicted molar refractivity (Wildman–Crippen MR) is 75.0 cm³/mol. The van der Waals surface area contributed by atoms with Crippen molar-refractivity contribution in [1.82, 2.24) is 15.0 Å². The number of carbonyl (C=O) groups is 1. The number of aryl methyl sites for hydroxylation is 1. The summed E-state index contributed by atoms with van der Waals surface area (Å²) >= 11 is 0. The molecule has 2 N–H and O–H groups in total.